The Labute approximate surface area is 338 Å². The van der Waals surface area contributed by atoms with Gasteiger partial charge < -0.3 is 9.47 Å². The molecule has 1 aromatic heterocycles. The van der Waals surface area contributed by atoms with Crippen molar-refractivity contribution < 1.29 is 0 Å². The Balaban J connectivity index is 1.24. The Morgan fingerprint density at radius 1 is 0.328 bits per heavy atom. The largest absolute Gasteiger partial charge is 0.308 e. The second kappa shape index (κ2) is 14.1. The van der Waals surface area contributed by atoms with Gasteiger partial charge in [0, 0.05) is 27.7 Å². The Morgan fingerprint density at radius 2 is 0.879 bits per heavy atom. The second-order valence-corrected chi connectivity index (χ2v) is 14.9. The SMILES string of the molecule is c1ccc(-c2cccc3cccc(-c4ccccc4N(c4cccc(-c5cccc6ccccc56)c4)c4cccc5c6ccccc6n(-c6ccccc6)c45)c23)cc1. The normalized spacial score (nSPS) is 11.4. The highest BCUT2D eigenvalue weighted by Gasteiger charge is 2.24. The molecule has 0 aliphatic rings. The van der Waals surface area contributed by atoms with Crippen LogP contribution >= 0.6 is 0 Å². The molecule has 2 heteroatoms. The highest BCUT2D eigenvalue weighted by atomic mass is 15.2. The molecule has 272 valence electrons. The van der Waals surface area contributed by atoms with Gasteiger partial charge in [0.2, 0.25) is 0 Å². The molecule has 0 amide bonds. The fourth-order valence-electron chi connectivity index (χ4n) is 9.04. The summed E-state index contributed by atoms with van der Waals surface area (Å²) < 4.78 is 2.44. The molecule has 0 aliphatic heterocycles. The van der Waals surface area contributed by atoms with E-state index in [1.165, 1.54) is 65.7 Å². The summed E-state index contributed by atoms with van der Waals surface area (Å²) in [5.41, 5.74) is 13.9. The first-order valence-corrected chi connectivity index (χ1v) is 19.9. The van der Waals surface area contributed by atoms with E-state index in [0.29, 0.717) is 0 Å². The first-order valence-electron chi connectivity index (χ1n) is 19.9. The Morgan fingerprint density at radius 3 is 1.72 bits per heavy atom. The molecule has 10 aromatic carbocycles. The molecule has 0 unspecified atom stereocenters. The molecule has 0 N–H and O–H groups in total. The number of anilines is 3. The van der Waals surface area contributed by atoms with Gasteiger partial charge in [0.05, 0.1) is 22.4 Å². The Kier molecular flexibility index (Phi) is 8.19. The third-order valence-corrected chi connectivity index (χ3v) is 11.6. The van der Waals surface area contributed by atoms with E-state index in [4.69, 9.17) is 0 Å². The lowest BCUT2D eigenvalue weighted by molar-refractivity contribution is 1.17. The Bertz CT molecular complexity index is 3280. The van der Waals surface area contributed by atoms with Crippen LogP contribution in [0, 0.1) is 0 Å². The van der Waals surface area contributed by atoms with E-state index in [-0.39, 0.29) is 0 Å². The van der Waals surface area contributed by atoms with Gasteiger partial charge in [-0.3, -0.25) is 0 Å². The van der Waals surface area contributed by atoms with E-state index in [0.717, 1.165) is 33.8 Å². The average molecular weight is 739 g/mol. The van der Waals surface area contributed by atoms with Crippen molar-refractivity contribution in [2.75, 3.05) is 4.90 Å². The van der Waals surface area contributed by atoms with Crippen LogP contribution in [0.5, 0.6) is 0 Å². The fourth-order valence-corrected chi connectivity index (χ4v) is 9.04. The van der Waals surface area contributed by atoms with Gasteiger partial charge in [0.15, 0.2) is 0 Å². The molecule has 0 aliphatic carbocycles. The van der Waals surface area contributed by atoms with Gasteiger partial charge in [-0.1, -0.05) is 188 Å². The minimum atomic E-state index is 1.08. The number of benzene rings is 10. The monoisotopic (exact) mass is 738 g/mol. The summed E-state index contributed by atoms with van der Waals surface area (Å²) in [6, 6.07) is 83.8. The third-order valence-electron chi connectivity index (χ3n) is 11.6. The molecule has 11 aromatic rings. The minimum Gasteiger partial charge on any atom is -0.308 e. The number of hydrogen-bond donors (Lipinski definition) is 0. The second-order valence-electron chi connectivity index (χ2n) is 14.9. The van der Waals surface area contributed by atoms with Gasteiger partial charge in [-0.25, -0.2) is 0 Å². The van der Waals surface area contributed by atoms with Gasteiger partial charge in [-0.05, 0) is 91.8 Å². The minimum absolute atomic E-state index is 1.08. The van der Waals surface area contributed by atoms with Gasteiger partial charge in [0.1, 0.15) is 0 Å². The van der Waals surface area contributed by atoms with E-state index in [1.54, 1.807) is 0 Å². The van der Waals surface area contributed by atoms with Crippen molar-refractivity contribution in [3.05, 3.63) is 231 Å². The lowest BCUT2D eigenvalue weighted by Crippen LogP contribution is -2.13. The van der Waals surface area contributed by atoms with Crippen LogP contribution in [0.15, 0.2) is 231 Å². The van der Waals surface area contributed by atoms with Crippen molar-refractivity contribution in [1.29, 1.82) is 0 Å². The van der Waals surface area contributed by atoms with Crippen LogP contribution in [0.2, 0.25) is 0 Å². The molecular formula is C56H38N2. The number of hydrogen-bond acceptors (Lipinski definition) is 1. The van der Waals surface area contributed by atoms with Gasteiger partial charge >= 0.3 is 0 Å². The topological polar surface area (TPSA) is 8.17 Å². The fraction of sp³-hybridized carbons (Fsp3) is 0. The van der Waals surface area contributed by atoms with E-state index in [9.17, 15) is 0 Å². The quantitative estimate of drug-likeness (QED) is 0.158. The molecule has 0 fully saturated rings. The molecule has 2 nitrogen and oxygen atoms in total. The van der Waals surface area contributed by atoms with Gasteiger partial charge in [0.25, 0.3) is 0 Å². The van der Waals surface area contributed by atoms with E-state index in [1.807, 2.05) is 0 Å². The Hall–Kier alpha value is -7.68. The van der Waals surface area contributed by atoms with E-state index in [2.05, 4.69) is 240 Å². The summed E-state index contributed by atoms with van der Waals surface area (Å²) in [5, 5.41) is 7.36. The first kappa shape index (κ1) is 33.6. The molecule has 0 spiro atoms. The molecule has 0 radical (unpaired) electrons. The highest BCUT2D eigenvalue weighted by molar-refractivity contribution is 6.16. The van der Waals surface area contributed by atoms with Crippen LogP contribution in [0.3, 0.4) is 0 Å². The van der Waals surface area contributed by atoms with Crippen LogP contribution in [-0.2, 0) is 0 Å². The van der Waals surface area contributed by atoms with E-state index >= 15 is 0 Å². The van der Waals surface area contributed by atoms with Crippen LogP contribution in [0.25, 0.3) is 82.4 Å². The maximum Gasteiger partial charge on any atom is 0.0782 e. The molecule has 11 rings (SSSR count). The molecule has 0 bridgehead atoms. The van der Waals surface area contributed by atoms with Crippen molar-refractivity contribution >= 4 is 60.4 Å². The number of nitrogens with zero attached hydrogens (tertiary/aromatic N) is 2. The number of rotatable bonds is 7. The third kappa shape index (κ3) is 5.57. The highest BCUT2D eigenvalue weighted by Crippen LogP contribution is 2.48. The van der Waals surface area contributed by atoms with Crippen molar-refractivity contribution in [3.63, 3.8) is 0 Å². The lowest BCUT2D eigenvalue weighted by Gasteiger charge is -2.30. The van der Waals surface area contributed by atoms with Crippen molar-refractivity contribution in [2.45, 2.75) is 0 Å². The zero-order valence-electron chi connectivity index (χ0n) is 31.8. The maximum absolute atomic E-state index is 2.49. The molecule has 0 saturated carbocycles. The summed E-state index contributed by atoms with van der Waals surface area (Å²) in [6.45, 7) is 0. The smallest absolute Gasteiger partial charge is 0.0782 e. The van der Waals surface area contributed by atoms with Crippen LogP contribution in [0.4, 0.5) is 17.1 Å². The number of para-hydroxylation sites is 4. The molecule has 0 atom stereocenters. The molecule has 1 heterocycles. The predicted molar refractivity (Wildman–Crippen MR) is 247 cm³/mol. The number of fused-ring (bicyclic) bond motifs is 5. The molecular weight excluding hydrogens is 701 g/mol. The summed E-state index contributed by atoms with van der Waals surface area (Å²) >= 11 is 0. The zero-order valence-corrected chi connectivity index (χ0v) is 31.8. The summed E-state index contributed by atoms with van der Waals surface area (Å²) in [5.74, 6) is 0. The van der Waals surface area contributed by atoms with Crippen LogP contribution in [-0.4, -0.2) is 4.57 Å². The first-order chi connectivity index (χ1) is 28.8. The zero-order chi connectivity index (χ0) is 38.4. The van der Waals surface area contributed by atoms with Gasteiger partial charge in [-0.15, -0.1) is 0 Å². The van der Waals surface area contributed by atoms with Crippen LogP contribution in [0.1, 0.15) is 0 Å². The lowest BCUT2D eigenvalue weighted by atomic mass is 9.90. The summed E-state index contributed by atoms with van der Waals surface area (Å²) in [4.78, 5) is 2.49. The van der Waals surface area contributed by atoms with Gasteiger partial charge in [-0.2, -0.15) is 0 Å². The number of aromatic nitrogens is 1. The molecule has 58 heavy (non-hydrogen) atoms. The van der Waals surface area contributed by atoms with Crippen molar-refractivity contribution in [1.82, 2.24) is 4.57 Å². The van der Waals surface area contributed by atoms with Crippen molar-refractivity contribution in [3.8, 4) is 39.1 Å². The van der Waals surface area contributed by atoms with E-state index < -0.39 is 0 Å². The standard InChI is InChI=1S/C56H38N2/c1-3-18-40(19-4-1)47-32-15-22-41-23-16-33-50(55(41)47)48-29-9-11-35-52(48)57(44-27-13-24-42(38-44)46-31-14-21-39-20-7-8-28-45(39)46)54-37-17-34-51-49-30-10-12-36-53(49)58(56(51)54)43-25-5-2-6-26-43/h1-38H. The average Bonchev–Trinajstić information content (AvgIpc) is 3.64. The van der Waals surface area contributed by atoms with Crippen LogP contribution < -0.4 is 4.90 Å². The maximum atomic E-state index is 2.49. The van der Waals surface area contributed by atoms with Crippen molar-refractivity contribution in [2.24, 2.45) is 0 Å². The predicted octanol–water partition coefficient (Wildman–Crippen LogP) is 15.6. The summed E-state index contributed by atoms with van der Waals surface area (Å²) in [7, 11) is 0. The summed E-state index contributed by atoms with van der Waals surface area (Å²) in [6.07, 6.45) is 0. The molecule has 0 saturated heterocycles.